The van der Waals surface area contributed by atoms with Gasteiger partial charge in [-0.25, -0.2) is 0 Å². The lowest BCUT2D eigenvalue weighted by Gasteiger charge is -2.39. The molecule has 3 rings (SSSR count). The highest BCUT2D eigenvalue weighted by atomic mass is 16.3. The van der Waals surface area contributed by atoms with Crippen LogP contribution in [0.5, 0.6) is 0 Å². The molecule has 3 nitrogen and oxygen atoms in total. The summed E-state index contributed by atoms with van der Waals surface area (Å²) in [6.07, 6.45) is 2.71. The summed E-state index contributed by atoms with van der Waals surface area (Å²) in [4.78, 5) is 3.20. The molecule has 3 N–H and O–H groups in total. The topological polar surface area (TPSA) is 48.0 Å². The van der Waals surface area contributed by atoms with Gasteiger partial charge in [-0.1, -0.05) is 19.1 Å². The van der Waals surface area contributed by atoms with Gasteiger partial charge in [-0.3, -0.25) is 0 Å². The highest BCUT2D eigenvalue weighted by molar-refractivity contribution is 5.83. The average Bonchev–Trinajstić information content (AvgIpc) is 2.81. The maximum atomic E-state index is 11.0. The van der Waals surface area contributed by atoms with Gasteiger partial charge in [0.05, 0.1) is 5.60 Å². The Morgan fingerprint density at radius 1 is 1.35 bits per heavy atom. The van der Waals surface area contributed by atoms with E-state index >= 15 is 0 Å². The predicted octanol–water partition coefficient (Wildman–Crippen LogP) is 1.98. The number of piperidine rings is 1. The van der Waals surface area contributed by atoms with Crippen LogP contribution in [-0.2, 0) is 5.60 Å². The molecule has 0 saturated carbocycles. The molecule has 2 aromatic rings. The largest absolute Gasteiger partial charge is 0.385 e. The first kappa shape index (κ1) is 10.8. The number of hydrogen-bond donors (Lipinski definition) is 3. The van der Waals surface area contributed by atoms with E-state index in [1.54, 1.807) is 0 Å². The summed E-state index contributed by atoms with van der Waals surface area (Å²) in [7, 11) is 0. The van der Waals surface area contributed by atoms with Crippen molar-refractivity contribution in [1.29, 1.82) is 0 Å². The van der Waals surface area contributed by atoms with Crippen LogP contribution in [0.2, 0.25) is 0 Å². The molecule has 1 aliphatic rings. The Hall–Kier alpha value is -1.32. The molecule has 2 atom stereocenters. The number of fused-ring (bicyclic) bond motifs is 1. The number of H-pyrrole nitrogens is 1. The molecule has 0 aliphatic carbocycles. The van der Waals surface area contributed by atoms with Crippen molar-refractivity contribution < 1.29 is 5.11 Å². The van der Waals surface area contributed by atoms with E-state index in [4.69, 9.17) is 0 Å². The van der Waals surface area contributed by atoms with Gasteiger partial charge in [-0.15, -0.1) is 0 Å². The second-order valence-electron chi connectivity index (χ2n) is 5.02. The molecule has 3 heteroatoms. The molecule has 0 amide bonds. The molecule has 1 aromatic carbocycles. The van der Waals surface area contributed by atoms with E-state index in [9.17, 15) is 5.11 Å². The third-order valence-electron chi connectivity index (χ3n) is 4.01. The number of hydrogen-bond acceptors (Lipinski definition) is 2. The van der Waals surface area contributed by atoms with Gasteiger partial charge in [0.25, 0.3) is 0 Å². The molecule has 1 saturated heterocycles. The van der Waals surface area contributed by atoms with Crippen molar-refractivity contribution in [2.45, 2.75) is 18.9 Å². The van der Waals surface area contributed by atoms with Crippen LogP contribution in [-0.4, -0.2) is 23.2 Å². The van der Waals surface area contributed by atoms with Crippen LogP contribution in [0.1, 0.15) is 18.9 Å². The Morgan fingerprint density at radius 3 is 3.06 bits per heavy atom. The van der Waals surface area contributed by atoms with Crippen LogP contribution in [0.15, 0.2) is 30.5 Å². The normalized spacial score (nSPS) is 29.6. The van der Waals surface area contributed by atoms with Crippen molar-refractivity contribution in [3.63, 3.8) is 0 Å². The Kier molecular flexibility index (Phi) is 2.45. The summed E-state index contributed by atoms with van der Waals surface area (Å²) >= 11 is 0. The van der Waals surface area contributed by atoms with Crippen molar-refractivity contribution in [3.8, 4) is 0 Å². The molecule has 0 spiro atoms. The lowest BCUT2D eigenvalue weighted by atomic mass is 9.76. The van der Waals surface area contributed by atoms with Crippen LogP contribution in [0.4, 0.5) is 0 Å². The van der Waals surface area contributed by atoms with Gasteiger partial charge in [0, 0.05) is 29.6 Å². The Bertz CT molecular complexity index is 534. The molecule has 2 heterocycles. The van der Waals surface area contributed by atoms with E-state index in [0.717, 1.165) is 36.0 Å². The zero-order valence-corrected chi connectivity index (χ0v) is 10.0. The minimum atomic E-state index is -0.701. The van der Waals surface area contributed by atoms with Gasteiger partial charge < -0.3 is 15.4 Å². The summed E-state index contributed by atoms with van der Waals surface area (Å²) in [6, 6.07) is 8.17. The van der Waals surface area contributed by atoms with E-state index in [0.29, 0.717) is 0 Å². The maximum absolute atomic E-state index is 11.0. The van der Waals surface area contributed by atoms with Crippen LogP contribution < -0.4 is 5.32 Å². The predicted molar refractivity (Wildman–Crippen MR) is 68.8 cm³/mol. The zero-order chi connectivity index (χ0) is 11.9. The summed E-state index contributed by atoms with van der Waals surface area (Å²) in [5.41, 5.74) is 1.46. The van der Waals surface area contributed by atoms with Crippen LogP contribution in [0.3, 0.4) is 0 Å². The van der Waals surface area contributed by atoms with Gasteiger partial charge in [0.2, 0.25) is 0 Å². The molecule has 1 aliphatic heterocycles. The van der Waals surface area contributed by atoms with Crippen molar-refractivity contribution in [1.82, 2.24) is 10.3 Å². The molecule has 0 radical (unpaired) electrons. The standard InChI is InChI=1S/C14H18N2O/c1-10-9-15-8-6-14(10,17)12-3-2-4-13-11(12)5-7-16-13/h2-5,7,10,15-17H,6,8-9H2,1H3. The van der Waals surface area contributed by atoms with E-state index in [1.165, 1.54) is 0 Å². The quantitative estimate of drug-likeness (QED) is 0.701. The second kappa shape index (κ2) is 3.86. The maximum Gasteiger partial charge on any atom is 0.0952 e. The monoisotopic (exact) mass is 230 g/mol. The van der Waals surface area contributed by atoms with Crippen molar-refractivity contribution in [2.75, 3.05) is 13.1 Å². The summed E-state index contributed by atoms with van der Waals surface area (Å²) in [5, 5.41) is 15.4. The van der Waals surface area contributed by atoms with Crippen molar-refractivity contribution in [3.05, 3.63) is 36.0 Å². The van der Waals surface area contributed by atoms with Gasteiger partial charge >= 0.3 is 0 Å². The van der Waals surface area contributed by atoms with Gasteiger partial charge in [0.1, 0.15) is 0 Å². The minimum absolute atomic E-state index is 0.233. The molecule has 90 valence electrons. The van der Waals surface area contributed by atoms with Gasteiger partial charge in [0.15, 0.2) is 0 Å². The third kappa shape index (κ3) is 1.58. The van der Waals surface area contributed by atoms with Crippen LogP contribution in [0, 0.1) is 5.92 Å². The van der Waals surface area contributed by atoms with E-state index < -0.39 is 5.60 Å². The molecular formula is C14H18N2O. The molecule has 1 fully saturated rings. The Balaban J connectivity index is 2.16. The number of aliphatic hydroxyl groups is 1. The first-order valence-corrected chi connectivity index (χ1v) is 6.21. The number of rotatable bonds is 1. The van der Waals surface area contributed by atoms with E-state index in [-0.39, 0.29) is 5.92 Å². The summed E-state index contributed by atoms with van der Waals surface area (Å²) in [6.45, 7) is 3.86. The highest BCUT2D eigenvalue weighted by Gasteiger charge is 2.38. The molecule has 2 unspecified atom stereocenters. The Morgan fingerprint density at radius 2 is 2.24 bits per heavy atom. The zero-order valence-electron chi connectivity index (χ0n) is 10.0. The van der Waals surface area contributed by atoms with Gasteiger partial charge in [-0.05, 0) is 30.7 Å². The highest BCUT2D eigenvalue weighted by Crippen LogP contribution is 2.38. The fourth-order valence-electron chi connectivity index (χ4n) is 2.88. The summed E-state index contributed by atoms with van der Waals surface area (Å²) in [5.74, 6) is 0.233. The third-order valence-corrected chi connectivity index (χ3v) is 4.01. The SMILES string of the molecule is CC1CNCCC1(O)c1cccc2[nH]ccc12. The van der Waals surface area contributed by atoms with E-state index in [2.05, 4.69) is 29.4 Å². The number of nitrogens with one attached hydrogen (secondary N) is 2. The van der Waals surface area contributed by atoms with E-state index in [1.807, 2.05) is 18.3 Å². The molecule has 0 bridgehead atoms. The van der Waals surface area contributed by atoms with Crippen molar-refractivity contribution in [2.24, 2.45) is 5.92 Å². The molecule has 17 heavy (non-hydrogen) atoms. The van der Waals surface area contributed by atoms with Crippen LogP contribution >= 0.6 is 0 Å². The molecule has 1 aromatic heterocycles. The number of aromatic amines is 1. The fourth-order valence-corrected chi connectivity index (χ4v) is 2.88. The lowest BCUT2D eigenvalue weighted by Crippen LogP contribution is -2.46. The number of benzene rings is 1. The van der Waals surface area contributed by atoms with Gasteiger partial charge in [-0.2, -0.15) is 0 Å². The summed E-state index contributed by atoms with van der Waals surface area (Å²) < 4.78 is 0. The fraction of sp³-hybridized carbons (Fsp3) is 0.429. The average molecular weight is 230 g/mol. The first-order valence-electron chi connectivity index (χ1n) is 6.21. The smallest absolute Gasteiger partial charge is 0.0952 e. The Labute approximate surface area is 101 Å². The second-order valence-corrected chi connectivity index (χ2v) is 5.02. The van der Waals surface area contributed by atoms with Crippen LogP contribution in [0.25, 0.3) is 10.9 Å². The number of aromatic nitrogens is 1. The van der Waals surface area contributed by atoms with Crippen molar-refractivity contribution >= 4 is 10.9 Å². The minimum Gasteiger partial charge on any atom is -0.385 e. The first-order chi connectivity index (χ1) is 8.22. The lowest BCUT2D eigenvalue weighted by molar-refractivity contribution is -0.0379. The molecular weight excluding hydrogens is 212 g/mol.